The summed E-state index contributed by atoms with van der Waals surface area (Å²) in [5, 5.41) is 8.95. The van der Waals surface area contributed by atoms with E-state index in [9.17, 15) is 0 Å². The Morgan fingerprint density at radius 2 is 2.00 bits per heavy atom. The van der Waals surface area contributed by atoms with Crippen LogP contribution in [0.5, 0.6) is 0 Å². The molecule has 0 bridgehead atoms. The van der Waals surface area contributed by atoms with Crippen LogP contribution in [0.25, 0.3) is 0 Å². The van der Waals surface area contributed by atoms with Crippen LogP contribution in [0.15, 0.2) is 0 Å². The quantitative estimate of drug-likeness (QED) is 0.557. The van der Waals surface area contributed by atoms with Crippen molar-refractivity contribution in [2.24, 2.45) is 0 Å². The zero-order valence-electron chi connectivity index (χ0n) is 4.77. The molecule has 0 spiro atoms. The molecule has 0 aromatic heterocycles. The summed E-state index contributed by atoms with van der Waals surface area (Å²) in [4.78, 5) is 0. The SMILES string of the molecule is CCS[C@H](O)C(Cl)(Cl)Cl. The van der Waals surface area contributed by atoms with Gasteiger partial charge in [-0.2, -0.15) is 0 Å². The standard InChI is InChI=1S/C4H7Cl3OS/c1-2-9-3(8)4(5,6)7/h3,8H,2H2,1H3/t3-/m0/s1. The molecule has 0 aromatic carbocycles. The van der Waals surface area contributed by atoms with Crippen LogP contribution in [0.1, 0.15) is 6.92 Å². The number of alkyl halides is 3. The van der Waals surface area contributed by atoms with Crippen LogP contribution < -0.4 is 0 Å². The van der Waals surface area contributed by atoms with Crippen molar-refractivity contribution in [3.8, 4) is 0 Å². The van der Waals surface area contributed by atoms with Crippen LogP contribution >= 0.6 is 46.6 Å². The lowest BCUT2D eigenvalue weighted by Crippen LogP contribution is -2.21. The normalized spacial score (nSPS) is 15.7. The van der Waals surface area contributed by atoms with Gasteiger partial charge in [0.15, 0.2) is 0 Å². The molecule has 0 rings (SSSR count). The van der Waals surface area contributed by atoms with E-state index in [2.05, 4.69) is 0 Å². The molecule has 0 fully saturated rings. The summed E-state index contributed by atoms with van der Waals surface area (Å²) in [5.41, 5.74) is -0.924. The highest BCUT2D eigenvalue weighted by molar-refractivity contribution is 7.99. The lowest BCUT2D eigenvalue weighted by Gasteiger charge is -2.16. The molecule has 1 N–H and O–H groups in total. The van der Waals surface area contributed by atoms with E-state index in [1.165, 1.54) is 11.8 Å². The van der Waals surface area contributed by atoms with Gasteiger partial charge in [0, 0.05) is 0 Å². The van der Waals surface area contributed by atoms with Crippen molar-refractivity contribution >= 4 is 46.6 Å². The van der Waals surface area contributed by atoms with Crippen molar-refractivity contribution in [2.45, 2.75) is 16.2 Å². The highest BCUT2D eigenvalue weighted by Gasteiger charge is 2.30. The van der Waals surface area contributed by atoms with Gasteiger partial charge in [-0.3, -0.25) is 0 Å². The molecule has 0 radical (unpaired) electrons. The molecule has 5 heteroatoms. The number of aliphatic hydroxyl groups excluding tert-OH is 1. The molecule has 0 heterocycles. The summed E-state index contributed by atoms with van der Waals surface area (Å²) in [6.07, 6.45) is 0. The van der Waals surface area contributed by atoms with E-state index in [1.807, 2.05) is 6.92 Å². The van der Waals surface area contributed by atoms with Gasteiger partial charge in [-0.15, -0.1) is 11.8 Å². The Bertz CT molecular complexity index is 82.4. The van der Waals surface area contributed by atoms with Crippen LogP contribution in [0.4, 0.5) is 0 Å². The van der Waals surface area contributed by atoms with E-state index in [1.54, 1.807) is 0 Å². The maximum atomic E-state index is 8.95. The monoisotopic (exact) mass is 208 g/mol. The Morgan fingerprint density at radius 3 is 2.11 bits per heavy atom. The van der Waals surface area contributed by atoms with Crippen LogP contribution in [-0.4, -0.2) is 20.1 Å². The molecule has 0 aliphatic carbocycles. The van der Waals surface area contributed by atoms with Gasteiger partial charge in [0.2, 0.25) is 3.79 Å². The molecule has 0 unspecified atom stereocenters. The second kappa shape index (κ2) is 4.14. The Kier molecular flexibility index (Phi) is 4.68. The molecule has 0 aromatic rings. The minimum Gasteiger partial charge on any atom is -0.378 e. The topological polar surface area (TPSA) is 20.2 Å². The average Bonchev–Trinajstić information content (AvgIpc) is 1.64. The van der Waals surface area contributed by atoms with E-state index in [4.69, 9.17) is 39.9 Å². The largest absolute Gasteiger partial charge is 0.378 e. The van der Waals surface area contributed by atoms with Crippen molar-refractivity contribution in [3.05, 3.63) is 0 Å². The summed E-state index contributed by atoms with van der Waals surface area (Å²) in [7, 11) is 0. The van der Waals surface area contributed by atoms with Crippen molar-refractivity contribution < 1.29 is 5.11 Å². The van der Waals surface area contributed by atoms with Gasteiger partial charge < -0.3 is 5.11 Å². The maximum Gasteiger partial charge on any atom is 0.225 e. The van der Waals surface area contributed by atoms with Gasteiger partial charge >= 0.3 is 0 Å². The smallest absolute Gasteiger partial charge is 0.225 e. The number of rotatable bonds is 2. The van der Waals surface area contributed by atoms with Gasteiger partial charge in [0.05, 0.1) is 0 Å². The summed E-state index contributed by atoms with van der Waals surface area (Å²) < 4.78 is -1.55. The maximum absolute atomic E-state index is 8.95. The molecule has 56 valence electrons. The summed E-state index contributed by atoms with van der Waals surface area (Å²) in [6, 6.07) is 0. The first-order valence-corrected chi connectivity index (χ1v) is 4.53. The van der Waals surface area contributed by atoms with E-state index in [-0.39, 0.29) is 0 Å². The number of hydrogen-bond donors (Lipinski definition) is 1. The van der Waals surface area contributed by atoms with Crippen molar-refractivity contribution in [2.75, 3.05) is 5.75 Å². The second-order valence-electron chi connectivity index (χ2n) is 1.35. The fourth-order valence-electron chi connectivity index (χ4n) is 0.252. The molecule has 0 amide bonds. The second-order valence-corrected chi connectivity index (χ2v) is 5.08. The third-order valence-corrected chi connectivity index (χ3v) is 2.62. The summed E-state index contributed by atoms with van der Waals surface area (Å²) in [6.45, 7) is 1.88. The molecule has 0 aliphatic rings. The van der Waals surface area contributed by atoms with E-state index < -0.39 is 9.23 Å². The third kappa shape index (κ3) is 4.57. The van der Waals surface area contributed by atoms with E-state index in [0.29, 0.717) is 0 Å². The molecule has 0 saturated heterocycles. The van der Waals surface area contributed by atoms with Gasteiger partial charge in [0.25, 0.3) is 0 Å². The highest BCUT2D eigenvalue weighted by atomic mass is 35.6. The summed E-state index contributed by atoms with van der Waals surface area (Å²) >= 11 is 17.2. The van der Waals surface area contributed by atoms with Gasteiger partial charge in [-0.25, -0.2) is 0 Å². The minimum atomic E-state index is -1.55. The number of hydrogen-bond acceptors (Lipinski definition) is 2. The lowest BCUT2D eigenvalue weighted by atomic mass is 10.8. The van der Waals surface area contributed by atoms with Crippen LogP contribution in [0, 0.1) is 0 Å². The molecular formula is C4H7Cl3OS. The molecule has 1 nitrogen and oxygen atoms in total. The average molecular weight is 210 g/mol. The first-order chi connectivity index (χ1) is 3.98. The predicted octanol–water partition coefficient (Wildman–Crippen LogP) is 2.43. The lowest BCUT2D eigenvalue weighted by molar-refractivity contribution is 0.268. The van der Waals surface area contributed by atoms with Gasteiger partial charge in [-0.05, 0) is 5.75 Å². The van der Waals surface area contributed by atoms with Crippen molar-refractivity contribution in [1.29, 1.82) is 0 Å². The number of halogens is 3. The van der Waals surface area contributed by atoms with Crippen LogP contribution in [0.2, 0.25) is 0 Å². The Labute approximate surface area is 73.7 Å². The number of aliphatic hydroxyl groups is 1. The predicted molar refractivity (Wildman–Crippen MR) is 44.4 cm³/mol. The molecule has 1 atom stereocenters. The molecule has 0 saturated carbocycles. The van der Waals surface area contributed by atoms with E-state index in [0.717, 1.165) is 5.75 Å². The van der Waals surface area contributed by atoms with Gasteiger partial charge in [0.1, 0.15) is 5.44 Å². The molecule has 9 heavy (non-hydrogen) atoms. The molecular weight excluding hydrogens is 202 g/mol. The van der Waals surface area contributed by atoms with Gasteiger partial charge in [-0.1, -0.05) is 41.7 Å². The van der Waals surface area contributed by atoms with Crippen LogP contribution in [-0.2, 0) is 0 Å². The Balaban J connectivity index is 3.59. The Hall–Kier alpha value is 1.18. The minimum absolute atomic E-state index is 0.731. The van der Waals surface area contributed by atoms with Crippen molar-refractivity contribution in [1.82, 2.24) is 0 Å². The van der Waals surface area contributed by atoms with Crippen LogP contribution in [0.3, 0.4) is 0 Å². The Morgan fingerprint density at radius 1 is 1.56 bits per heavy atom. The summed E-state index contributed by atoms with van der Waals surface area (Å²) in [5.74, 6) is 0.731. The first kappa shape index (κ1) is 10.2. The fourth-order valence-corrected chi connectivity index (χ4v) is 1.32. The zero-order valence-corrected chi connectivity index (χ0v) is 7.86. The highest BCUT2D eigenvalue weighted by Crippen LogP contribution is 2.35. The number of thioether (sulfide) groups is 1. The van der Waals surface area contributed by atoms with E-state index >= 15 is 0 Å². The van der Waals surface area contributed by atoms with Crippen molar-refractivity contribution in [3.63, 3.8) is 0 Å². The molecule has 0 aliphatic heterocycles. The fraction of sp³-hybridized carbons (Fsp3) is 1.00. The third-order valence-electron chi connectivity index (χ3n) is 0.605. The zero-order chi connectivity index (χ0) is 7.49. The first-order valence-electron chi connectivity index (χ1n) is 2.35.